The summed E-state index contributed by atoms with van der Waals surface area (Å²) in [5, 5.41) is 16.0. The van der Waals surface area contributed by atoms with Gasteiger partial charge in [-0.05, 0) is 32.0 Å². The number of hydrogen-bond donors (Lipinski definition) is 2. The summed E-state index contributed by atoms with van der Waals surface area (Å²) in [5.41, 5.74) is 3.12. The Labute approximate surface area is 116 Å². The highest BCUT2D eigenvalue weighted by atomic mass is 19.1. The normalized spacial score (nSPS) is 10.6. The molecule has 5 nitrogen and oxygen atoms in total. The summed E-state index contributed by atoms with van der Waals surface area (Å²) in [5.74, 6) is -1.72. The molecule has 0 aliphatic heterocycles. The van der Waals surface area contributed by atoms with Gasteiger partial charge >= 0.3 is 5.97 Å². The van der Waals surface area contributed by atoms with Crippen LogP contribution in [0.3, 0.4) is 0 Å². The Bertz CT molecular complexity index is 665. The van der Waals surface area contributed by atoms with Crippen molar-refractivity contribution in [3.8, 4) is 0 Å². The van der Waals surface area contributed by atoms with Gasteiger partial charge in [-0.2, -0.15) is 5.10 Å². The lowest BCUT2D eigenvalue weighted by Gasteiger charge is -2.08. The number of aryl methyl sites for hydroxylation is 2. The number of nitrogens with zero attached hydrogens (tertiary/aromatic N) is 2. The van der Waals surface area contributed by atoms with E-state index in [1.54, 1.807) is 4.68 Å². The van der Waals surface area contributed by atoms with Crippen molar-refractivity contribution in [2.24, 2.45) is 7.05 Å². The number of carboxylic acids is 1. The van der Waals surface area contributed by atoms with Gasteiger partial charge in [0, 0.05) is 24.8 Å². The number of carboxylic acid groups (broad SMARTS) is 1. The number of aromatic carboxylic acids is 1. The number of anilines is 1. The fourth-order valence-corrected chi connectivity index (χ4v) is 2.05. The van der Waals surface area contributed by atoms with Crippen molar-refractivity contribution in [1.82, 2.24) is 9.78 Å². The van der Waals surface area contributed by atoms with Crippen LogP contribution in [0.15, 0.2) is 18.2 Å². The van der Waals surface area contributed by atoms with E-state index in [0.717, 1.165) is 23.0 Å². The van der Waals surface area contributed by atoms with E-state index in [-0.39, 0.29) is 11.3 Å². The first-order valence-corrected chi connectivity index (χ1v) is 6.16. The largest absolute Gasteiger partial charge is 0.478 e. The second kappa shape index (κ2) is 5.32. The number of hydrogen-bond acceptors (Lipinski definition) is 3. The van der Waals surface area contributed by atoms with E-state index in [9.17, 15) is 9.18 Å². The summed E-state index contributed by atoms with van der Waals surface area (Å²) < 4.78 is 15.5. The first kappa shape index (κ1) is 14.0. The minimum absolute atomic E-state index is 0.0678. The molecule has 20 heavy (non-hydrogen) atoms. The summed E-state index contributed by atoms with van der Waals surface area (Å²) in [6.07, 6.45) is 0. The van der Waals surface area contributed by atoms with Gasteiger partial charge in [-0.25, -0.2) is 9.18 Å². The monoisotopic (exact) mass is 277 g/mol. The Balaban J connectivity index is 2.17. The third-order valence-corrected chi connectivity index (χ3v) is 3.33. The van der Waals surface area contributed by atoms with Crippen molar-refractivity contribution in [1.29, 1.82) is 0 Å². The first-order chi connectivity index (χ1) is 9.40. The standard InChI is InChI=1S/C14H16FN3O2/c1-8-11(9(2)18(3)17-8)7-16-13-5-4-10(14(19)20)6-12(13)15/h4-6,16H,7H2,1-3H3,(H,19,20). The Kier molecular flexibility index (Phi) is 3.74. The number of benzene rings is 1. The van der Waals surface area contributed by atoms with E-state index in [4.69, 9.17) is 5.11 Å². The Hall–Kier alpha value is -2.37. The van der Waals surface area contributed by atoms with Crippen LogP contribution >= 0.6 is 0 Å². The molecule has 0 saturated heterocycles. The molecule has 6 heteroatoms. The van der Waals surface area contributed by atoms with Crippen LogP contribution in [0.2, 0.25) is 0 Å². The van der Waals surface area contributed by atoms with Gasteiger partial charge < -0.3 is 10.4 Å². The molecular formula is C14H16FN3O2. The maximum Gasteiger partial charge on any atom is 0.335 e. The molecule has 0 amide bonds. The van der Waals surface area contributed by atoms with Crippen LogP contribution in [0.1, 0.15) is 27.3 Å². The molecule has 0 spiro atoms. The maximum absolute atomic E-state index is 13.8. The Morgan fingerprint density at radius 1 is 1.45 bits per heavy atom. The molecule has 106 valence electrons. The number of rotatable bonds is 4. The van der Waals surface area contributed by atoms with E-state index in [0.29, 0.717) is 6.54 Å². The third kappa shape index (κ3) is 2.64. The SMILES string of the molecule is Cc1nn(C)c(C)c1CNc1ccc(C(=O)O)cc1F. The van der Waals surface area contributed by atoms with Crippen molar-refractivity contribution in [3.05, 3.63) is 46.5 Å². The molecule has 1 heterocycles. The molecular weight excluding hydrogens is 261 g/mol. The number of nitrogens with one attached hydrogen (secondary N) is 1. The van der Waals surface area contributed by atoms with Crippen molar-refractivity contribution in [2.75, 3.05) is 5.32 Å². The maximum atomic E-state index is 13.8. The summed E-state index contributed by atoms with van der Waals surface area (Å²) in [6, 6.07) is 3.81. The van der Waals surface area contributed by atoms with E-state index in [2.05, 4.69) is 10.4 Å². The summed E-state index contributed by atoms with van der Waals surface area (Å²) in [6.45, 7) is 4.28. The fourth-order valence-electron chi connectivity index (χ4n) is 2.05. The van der Waals surface area contributed by atoms with Gasteiger partial charge in [-0.3, -0.25) is 4.68 Å². The van der Waals surface area contributed by atoms with Crippen LogP contribution in [0, 0.1) is 19.7 Å². The third-order valence-electron chi connectivity index (χ3n) is 3.33. The predicted octanol–water partition coefficient (Wildman–Crippen LogP) is 2.49. The quantitative estimate of drug-likeness (QED) is 0.901. The van der Waals surface area contributed by atoms with E-state index in [1.165, 1.54) is 12.1 Å². The average Bonchev–Trinajstić information content (AvgIpc) is 2.62. The van der Waals surface area contributed by atoms with Crippen LogP contribution in [0.5, 0.6) is 0 Å². The van der Waals surface area contributed by atoms with Crippen LogP contribution in [-0.2, 0) is 13.6 Å². The second-order valence-corrected chi connectivity index (χ2v) is 4.63. The smallest absolute Gasteiger partial charge is 0.335 e. The van der Waals surface area contributed by atoms with Gasteiger partial charge in [0.1, 0.15) is 5.82 Å². The van der Waals surface area contributed by atoms with Crippen molar-refractivity contribution in [2.45, 2.75) is 20.4 Å². The number of aromatic nitrogens is 2. The lowest BCUT2D eigenvalue weighted by atomic mass is 10.1. The fraction of sp³-hybridized carbons (Fsp3) is 0.286. The summed E-state index contributed by atoms with van der Waals surface area (Å²) in [7, 11) is 1.86. The lowest BCUT2D eigenvalue weighted by molar-refractivity contribution is 0.0696. The van der Waals surface area contributed by atoms with Gasteiger partial charge in [0.15, 0.2) is 0 Å². The molecule has 2 rings (SSSR count). The molecule has 2 aromatic rings. The highest BCUT2D eigenvalue weighted by Gasteiger charge is 2.11. The van der Waals surface area contributed by atoms with Crippen LogP contribution in [-0.4, -0.2) is 20.9 Å². The summed E-state index contributed by atoms with van der Waals surface area (Å²) >= 11 is 0. The van der Waals surface area contributed by atoms with Gasteiger partial charge in [0.2, 0.25) is 0 Å². The first-order valence-electron chi connectivity index (χ1n) is 6.16. The zero-order chi connectivity index (χ0) is 14.9. The second-order valence-electron chi connectivity index (χ2n) is 4.63. The van der Waals surface area contributed by atoms with Crippen LogP contribution in [0.25, 0.3) is 0 Å². The number of halogens is 1. The van der Waals surface area contributed by atoms with Crippen LogP contribution in [0.4, 0.5) is 10.1 Å². The van der Waals surface area contributed by atoms with Gasteiger partial charge in [0.05, 0.1) is 16.9 Å². The zero-order valence-electron chi connectivity index (χ0n) is 11.6. The summed E-state index contributed by atoms with van der Waals surface area (Å²) in [4.78, 5) is 10.7. The molecule has 0 fully saturated rings. The van der Waals surface area contributed by atoms with Crippen molar-refractivity contribution >= 4 is 11.7 Å². The minimum Gasteiger partial charge on any atom is -0.478 e. The van der Waals surface area contributed by atoms with Gasteiger partial charge in [-0.15, -0.1) is 0 Å². The van der Waals surface area contributed by atoms with Crippen molar-refractivity contribution < 1.29 is 14.3 Å². The van der Waals surface area contributed by atoms with E-state index >= 15 is 0 Å². The van der Waals surface area contributed by atoms with E-state index < -0.39 is 11.8 Å². The van der Waals surface area contributed by atoms with Crippen molar-refractivity contribution in [3.63, 3.8) is 0 Å². The molecule has 0 radical (unpaired) electrons. The average molecular weight is 277 g/mol. The molecule has 0 atom stereocenters. The predicted molar refractivity (Wildman–Crippen MR) is 73.4 cm³/mol. The molecule has 1 aromatic heterocycles. The number of carbonyl (C=O) groups is 1. The minimum atomic E-state index is -1.14. The molecule has 0 bridgehead atoms. The van der Waals surface area contributed by atoms with Gasteiger partial charge in [0.25, 0.3) is 0 Å². The molecule has 2 N–H and O–H groups in total. The highest BCUT2D eigenvalue weighted by Crippen LogP contribution is 2.19. The zero-order valence-corrected chi connectivity index (χ0v) is 11.6. The molecule has 0 aliphatic carbocycles. The van der Waals surface area contributed by atoms with Crippen LogP contribution < -0.4 is 5.32 Å². The molecule has 0 unspecified atom stereocenters. The topological polar surface area (TPSA) is 67.2 Å². The lowest BCUT2D eigenvalue weighted by Crippen LogP contribution is -2.05. The Morgan fingerprint density at radius 2 is 2.15 bits per heavy atom. The molecule has 1 aromatic carbocycles. The van der Waals surface area contributed by atoms with E-state index in [1.807, 2.05) is 20.9 Å². The van der Waals surface area contributed by atoms with Gasteiger partial charge in [-0.1, -0.05) is 0 Å². The Morgan fingerprint density at radius 3 is 2.65 bits per heavy atom. The molecule has 0 saturated carbocycles. The highest BCUT2D eigenvalue weighted by molar-refractivity contribution is 5.88. The molecule has 0 aliphatic rings.